The van der Waals surface area contributed by atoms with Crippen molar-refractivity contribution in [2.75, 3.05) is 26.2 Å². The Morgan fingerprint density at radius 3 is 2.47 bits per heavy atom. The van der Waals surface area contributed by atoms with Crippen LogP contribution in [0, 0.1) is 0 Å². The normalized spacial score (nSPS) is 29.2. The van der Waals surface area contributed by atoms with Crippen LogP contribution < -0.4 is 5.32 Å². The Hall–Kier alpha value is -0.450. The lowest BCUT2D eigenvalue weighted by molar-refractivity contribution is -0.121. The Kier molecular flexibility index (Phi) is 5.79. The van der Waals surface area contributed by atoms with E-state index >= 15 is 0 Å². The molecule has 110 valence electrons. The lowest BCUT2D eigenvalue weighted by Crippen LogP contribution is -2.48. The zero-order valence-corrected chi connectivity index (χ0v) is 12.4. The SMILES string of the molecule is CCNC1CC(OC2CCN(CC(=O)CC)CC2)C1. The topological polar surface area (TPSA) is 41.6 Å². The van der Waals surface area contributed by atoms with Crippen LogP contribution in [0.3, 0.4) is 0 Å². The van der Waals surface area contributed by atoms with Gasteiger partial charge in [-0.3, -0.25) is 9.69 Å². The number of piperidine rings is 1. The van der Waals surface area contributed by atoms with Crippen LogP contribution in [-0.4, -0.2) is 55.1 Å². The fourth-order valence-corrected chi connectivity index (χ4v) is 2.97. The van der Waals surface area contributed by atoms with Crippen LogP contribution in [-0.2, 0) is 9.53 Å². The summed E-state index contributed by atoms with van der Waals surface area (Å²) in [5.74, 6) is 0.354. The molecule has 1 saturated heterocycles. The summed E-state index contributed by atoms with van der Waals surface area (Å²) in [6, 6.07) is 0.678. The van der Waals surface area contributed by atoms with Gasteiger partial charge in [0.15, 0.2) is 0 Å². The molecule has 1 N–H and O–H groups in total. The van der Waals surface area contributed by atoms with Gasteiger partial charge in [-0.15, -0.1) is 0 Å². The molecule has 2 fully saturated rings. The molecule has 0 amide bonds. The molecule has 0 atom stereocenters. The van der Waals surface area contributed by atoms with E-state index in [4.69, 9.17) is 4.74 Å². The number of rotatable bonds is 7. The van der Waals surface area contributed by atoms with Crippen LogP contribution in [0.25, 0.3) is 0 Å². The number of nitrogens with zero attached hydrogens (tertiary/aromatic N) is 1. The second-order valence-electron chi connectivity index (χ2n) is 5.85. The summed E-state index contributed by atoms with van der Waals surface area (Å²) in [6.45, 7) is 7.81. The molecule has 2 rings (SSSR count). The second-order valence-corrected chi connectivity index (χ2v) is 5.85. The first kappa shape index (κ1) is 14.9. The summed E-state index contributed by atoms with van der Waals surface area (Å²) in [7, 11) is 0. The molecule has 1 aliphatic carbocycles. The van der Waals surface area contributed by atoms with E-state index in [1.54, 1.807) is 0 Å². The average Bonchev–Trinajstić information content (AvgIpc) is 2.38. The molecule has 0 aromatic heterocycles. The molecule has 1 saturated carbocycles. The molecule has 0 radical (unpaired) electrons. The first-order chi connectivity index (χ1) is 9.21. The fraction of sp³-hybridized carbons (Fsp3) is 0.933. The maximum absolute atomic E-state index is 11.4. The van der Waals surface area contributed by atoms with Crippen LogP contribution in [0.4, 0.5) is 0 Å². The van der Waals surface area contributed by atoms with Gasteiger partial charge in [-0.25, -0.2) is 0 Å². The molecule has 0 aromatic rings. The Morgan fingerprint density at radius 2 is 1.89 bits per heavy atom. The van der Waals surface area contributed by atoms with Gasteiger partial charge >= 0.3 is 0 Å². The van der Waals surface area contributed by atoms with Crippen molar-refractivity contribution in [2.45, 2.75) is 64.2 Å². The summed E-state index contributed by atoms with van der Waals surface area (Å²) in [6.07, 6.45) is 6.05. The van der Waals surface area contributed by atoms with Crippen LogP contribution in [0.1, 0.15) is 46.0 Å². The first-order valence-corrected chi connectivity index (χ1v) is 7.84. The fourth-order valence-electron chi connectivity index (χ4n) is 2.97. The standard InChI is InChI=1S/C15H28N2O2/c1-3-13(18)11-17-7-5-14(6-8-17)19-15-9-12(10-15)16-4-2/h12,14-16H,3-11H2,1-2H3. The number of hydrogen-bond acceptors (Lipinski definition) is 4. The molecule has 4 nitrogen and oxygen atoms in total. The zero-order chi connectivity index (χ0) is 13.7. The van der Waals surface area contributed by atoms with E-state index in [0.29, 0.717) is 37.0 Å². The van der Waals surface area contributed by atoms with Crippen molar-refractivity contribution in [3.05, 3.63) is 0 Å². The van der Waals surface area contributed by atoms with E-state index in [1.807, 2.05) is 6.92 Å². The summed E-state index contributed by atoms with van der Waals surface area (Å²) in [5.41, 5.74) is 0. The number of ketones is 1. The lowest BCUT2D eigenvalue weighted by atomic mass is 9.89. The Bertz CT molecular complexity index is 282. The number of likely N-dealkylation sites (tertiary alicyclic amines) is 1. The molecule has 2 aliphatic rings. The lowest BCUT2D eigenvalue weighted by Gasteiger charge is -2.40. The maximum atomic E-state index is 11.4. The van der Waals surface area contributed by atoms with Gasteiger partial charge in [0.25, 0.3) is 0 Å². The zero-order valence-electron chi connectivity index (χ0n) is 12.4. The minimum absolute atomic E-state index is 0.354. The number of carbonyl (C=O) groups excluding carboxylic acids is 1. The van der Waals surface area contributed by atoms with Gasteiger partial charge in [0, 0.05) is 25.6 Å². The maximum Gasteiger partial charge on any atom is 0.146 e. The minimum atomic E-state index is 0.354. The van der Waals surface area contributed by atoms with Crippen molar-refractivity contribution >= 4 is 5.78 Å². The van der Waals surface area contributed by atoms with Crippen molar-refractivity contribution < 1.29 is 9.53 Å². The molecular weight excluding hydrogens is 240 g/mol. The predicted octanol–water partition coefficient (Wildman–Crippen LogP) is 1.59. The number of nitrogens with one attached hydrogen (secondary N) is 1. The molecule has 1 aliphatic heterocycles. The quantitative estimate of drug-likeness (QED) is 0.761. The van der Waals surface area contributed by atoms with E-state index < -0.39 is 0 Å². The number of Topliss-reactive ketones (excluding diaryl/α,β-unsaturated/α-hetero) is 1. The number of hydrogen-bond donors (Lipinski definition) is 1. The smallest absolute Gasteiger partial charge is 0.146 e. The number of carbonyl (C=O) groups is 1. The van der Waals surface area contributed by atoms with Crippen molar-refractivity contribution in [3.63, 3.8) is 0 Å². The molecule has 1 heterocycles. The van der Waals surface area contributed by atoms with E-state index in [-0.39, 0.29) is 0 Å². The van der Waals surface area contributed by atoms with Gasteiger partial charge < -0.3 is 10.1 Å². The van der Waals surface area contributed by atoms with Crippen molar-refractivity contribution in [3.8, 4) is 0 Å². The molecule has 4 heteroatoms. The molecule has 0 spiro atoms. The summed E-state index contributed by atoms with van der Waals surface area (Å²) < 4.78 is 6.13. The van der Waals surface area contributed by atoms with Gasteiger partial charge in [0.05, 0.1) is 18.8 Å². The highest BCUT2D eigenvalue weighted by Crippen LogP contribution is 2.27. The van der Waals surface area contributed by atoms with Crippen LogP contribution in [0.2, 0.25) is 0 Å². The minimum Gasteiger partial charge on any atom is -0.375 e. The largest absolute Gasteiger partial charge is 0.375 e. The van der Waals surface area contributed by atoms with E-state index in [0.717, 1.165) is 32.5 Å². The third kappa shape index (κ3) is 4.55. The van der Waals surface area contributed by atoms with Crippen molar-refractivity contribution in [1.29, 1.82) is 0 Å². The molecular formula is C15H28N2O2. The van der Waals surface area contributed by atoms with Crippen LogP contribution in [0.15, 0.2) is 0 Å². The molecule has 19 heavy (non-hydrogen) atoms. The highest BCUT2D eigenvalue weighted by atomic mass is 16.5. The molecule has 0 bridgehead atoms. The average molecular weight is 268 g/mol. The van der Waals surface area contributed by atoms with E-state index in [2.05, 4.69) is 17.1 Å². The molecule has 0 unspecified atom stereocenters. The Balaban J connectivity index is 1.58. The van der Waals surface area contributed by atoms with Crippen molar-refractivity contribution in [2.24, 2.45) is 0 Å². The second kappa shape index (κ2) is 7.36. The van der Waals surface area contributed by atoms with Crippen LogP contribution in [0.5, 0.6) is 0 Å². The monoisotopic (exact) mass is 268 g/mol. The van der Waals surface area contributed by atoms with E-state index in [1.165, 1.54) is 12.8 Å². The summed E-state index contributed by atoms with van der Waals surface area (Å²) in [5, 5.41) is 3.46. The Labute approximate surface area is 116 Å². The summed E-state index contributed by atoms with van der Waals surface area (Å²) >= 11 is 0. The van der Waals surface area contributed by atoms with Gasteiger partial charge in [0.1, 0.15) is 5.78 Å². The van der Waals surface area contributed by atoms with E-state index in [9.17, 15) is 4.79 Å². The van der Waals surface area contributed by atoms with Crippen LogP contribution >= 0.6 is 0 Å². The third-order valence-corrected chi connectivity index (χ3v) is 4.30. The van der Waals surface area contributed by atoms with Gasteiger partial charge in [-0.05, 0) is 32.2 Å². The van der Waals surface area contributed by atoms with Gasteiger partial charge in [-0.2, -0.15) is 0 Å². The van der Waals surface area contributed by atoms with Gasteiger partial charge in [-0.1, -0.05) is 13.8 Å². The molecule has 0 aromatic carbocycles. The highest BCUT2D eigenvalue weighted by Gasteiger charge is 2.32. The Morgan fingerprint density at radius 1 is 1.21 bits per heavy atom. The highest BCUT2D eigenvalue weighted by molar-refractivity contribution is 5.80. The predicted molar refractivity (Wildman–Crippen MR) is 76.3 cm³/mol. The first-order valence-electron chi connectivity index (χ1n) is 7.84. The van der Waals surface area contributed by atoms with Crippen molar-refractivity contribution in [1.82, 2.24) is 10.2 Å². The summed E-state index contributed by atoms with van der Waals surface area (Å²) in [4.78, 5) is 13.7. The third-order valence-electron chi connectivity index (χ3n) is 4.30. The number of ether oxygens (including phenoxy) is 1. The van der Waals surface area contributed by atoms with Gasteiger partial charge in [0.2, 0.25) is 0 Å².